The van der Waals surface area contributed by atoms with Gasteiger partial charge < -0.3 is 5.32 Å². The Hall–Kier alpha value is -2.70. The molecular weight excluding hydrogens is 396 g/mol. The number of rotatable bonds is 5. The molecule has 0 saturated carbocycles. The van der Waals surface area contributed by atoms with Crippen molar-refractivity contribution in [2.45, 2.75) is 43.7 Å². The lowest BCUT2D eigenvalue weighted by atomic mass is 10.0. The normalized spacial score (nSPS) is 18.4. The van der Waals surface area contributed by atoms with Gasteiger partial charge in [0, 0.05) is 6.54 Å². The van der Waals surface area contributed by atoms with Gasteiger partial charge >= 0.3 is 0 Å². The van der Waals surface area contributed by atoms with Crippen molar-refractivity contribution in [3.63, 3.8) is 0 Å². The molecule has 1 amide bonds. The van der Waals surface area contributed by atoms with E-state index in [2.05, 4.69) is 17.4 Å². The summed E-state index contributed by atoms with van der Waals surface area (Å²) >= 11 is 0. The maximum atomic E-state index is 13.1. The second-order valence-corrected chi connectivity index (χ2v) is 9.81. The molecule has 1 aliphatic rings. The van der Waals surface area contributed by atoms with Crippen LogP contribution >= 0.6 is 0 Å². The SMILES string of the molecule is Cc1ccc(S(=O)(=O)N2CCCC2C(=O)NC(C)c2ccc3ccccc3c2)cc1. The zero-order chi connectivity index (χ0) is 21.3. The molecule has 156 valence electrons. The number of nitrogens with zero attached hydrogens (tertiary/aromatic N) is 1. The van der Waals surface area contributed by atoms with E-state index in [4.69, 9.17) is 0 Å². The summed E-state index contributed by atoms with van der Waals surface area (Å²) < 4.78 is 27.6. The van der Waals surface area contributed by atoms with Crippen LogP contribution in [0.4, 0.5) is 0 Å². The van der Waals surface area contributed by atoms with Crippen molar-refractivity contribution in [3.8, 4) is 0 Å². The first kappa shape index (κ1) is 20.6. The van der Waals surface area contributed by atoms with Crippen LogP contribution in [0, 0.1) is 6.92 Å². The molecule has 0 aromatic heterocycles. The predicted molar refractivity (Wildman–Crippen MR) is 119 cm³/mol. The van der Waals surface area contributed by atoms with Crippen LogP contribution in [0.5, 0.6) is 0 Å². The Morgan fingerprint density at radius 3 is 2.47 bits per heavy atom. The van der Waals surface area contributed by atoms with Crippen LogP contribution < -0.4 is 5.32 Å². The number of carbonyl (C=O) groups excluding carboxylic acids is 1. The van der Waals surface area contributed by atoms with Crippen LogP contribution in [0.25, 0.3) is 10.8 Å². The van der Waals surface area contributed by atoms with Gasteiger partial charge in [0.05, 0.1) is 10.9 Å². The van der Waals surface area contributed by atoms with Gasteiger partial charge in [0.2, 0.25) is 15.9 Å². The molecule has 3 aromatic rings. The number of aryl methyl sites for hydroxylation is 1. The fraction of sp³-hybridized carbons (Fsp3) is 0.292. The van der Waals surface area contributed by atoms with Crippen molar-refractivity contribution >= 4 is 26.7 Å². The Bertz CT molecular complexity index is 1170. The van der Waals surface area contributed by atoms with Crippen molar-refractivity contribution in [3.05, 3.63) is 77.9 Å². The minimum atomic E-state index is -3.71. The monoisotopic (exact) mass is 422 g/mol. The zero-order valence-corrected chi connectivity index (χ0v) is 18.0. The molecule has 30 heavy (non-hydrogen) atoms. The van der Waals surface area contributed by atoms with Crippen molar-refractivity contribution in [2.75, 3.05) is 6.54 Å². The van der Waals surface area contributed by atoms with Gasteiger partial charge in [0.15, 0.2) is 0 Å². The molecule has 1 fully saturated rings. The van der Waals surface area contributed by atoms with Crippen molar-refractivity contribution in [1.29, 1.82) is 0 Å². The topological polar surface area (TPSA) is 66.5 Å². The first-order valence-electron chi connectivity index (χ1n) is 10.2. The maximum absolute atomic E-state index is 13.1. The summed E-state index contributed by atoms with van der Waals surface area (Å²) in [6.07, 6.45) is 1.20. The molecule has 0 radical (unpaired) electrons. The van der Waals surface area contributed by atoms with E-state index >= 15 is 0 Å². The number of amides is 1. The highest BCUT2D eigenvalue weighted by atomic mass is 32.2. The van der Waals surface area contributed by atoms with E-state index in [9.17, 15) is 13.2 Å². The second kappa shape index (κ2) is 8.20. The molecule has 1 saturated heterocycles. The Morgan fingerprint density at radius 2 is 1.73 bits per heavy atom. The fourth-order valence-corrected chi connectivity index (χ4v) is 5.66. The highest BCUT2D eigenvalue weighted by Crippen LogP contribution is 2.27. The molecule has 0 bridgehead atoms. The number of hydrogen-bond donors (Lipinski definition) is 1. The summed E-state index contributed by atoms with van der Waals surface area (Å²) in [5.41, 5.74) is 1.99. The Balaban J connectivity index is 1.52. The van der Waals surface area contributed by atoms with E-state index in [0.717, 1.165) is 21.9 Å². The molecule has 0 spiro atoms. The molecule has 2 unspecified atom stereocenters. The lowest BCUT2D eigenvalue weighted by Crippen LogP contribution is -2.46. The summed E-state index contributed by atoms with van der Waals surface area (Å²) in [5.74, 6) is -0.246. The number of benzene rings is 3. The van der Waals surface area contributed by atoms with Gasteiger partial charge in [-0.3, -0.25) is 4.79 Å². The van der Waals surface area contributed by atoms with Gasteiger partial charge in [-0.1, -0.05) is 54.1 Å². The molecule has 2 atom stereocenters. The maximum Gasteiger partial charge on any atom is 0.243 e. The van der Waals surface area contributed by atoms with Gasteiger partial charge in [-0.05, 0) is 61.2 Å². The van der Waals surface area contributed by atoms with Crippen LogP contribution in [-0.2, 0) is 14.8 Å². The number of sulfonamides is 1. The first-order valence-corrected chi connectivity index (χ1v) is 11.7. The second-order valence-electron chi connectivity index (χ2n) is 7.92. The predicted octanol–water partition coefficient (Wildman–Crippen LogP) is 4.18. The third-order valence-corrected chi connectivity index (χ3v) is 7.69. The average molecular weight is 423 g/mol. The average Bonchev–Trinajstić information content (AvgIpc) is 3.25. The van der Waals surface area contributed by atoms with E-state index in [1.165, 1.54) is 4.31 Å². The zero-order valence-electron chi connectivity index (χ0n) is 17.2. The Kier molecular flexibility index (Phi) is 5.62. The van der Waals surface area contributed by atoms with Crippen molar-refractivity contribution < 1.29 is 13.2 Å². The molecule has 5 nitrogen and oxygen atoms in total. The lowest BCUT2D eigenvalue weighted by molar-refractivity contribution is -0.124. The third-order valence-electron chi connectivity index (χ3n) is 5.77. The summed E-state index contributed by atoms with van der Waals surface area (Å²) in [6.45, 7) is 4.20. The third kappa shape index (κ3) is 3.98. The first-order chi connectivity index (χ1) is 14.4. The molecule has 1 heterocycles. The van der Waals surface area contributed by atoms with E-state index in [1.54, 1.807) is 24.3 Å². The summed E-state index contributed by atoms with van der Waals surface area (Å²) in [4.78, 5) is 13.2. The van der Waals surface area contributed by atoms with Crippen LogP contribution in [0.1, 0.15) is 36.9 Å². The van der Waals surface area contributed by atoms with Crippen LogP contribution in [0.15, 0.2) is 71.6 Å². The molecule has 3 aromatic carbocycles. The van der Waals surface area contributed by atoms with E-state index < -0.39 is 16.1 Å². The van der Waals surface area contributed by atoms with Crippen molar-refractivity contribution in [2.24, 2.45) is 0 Å². The largest absolute Gasteiger partial charge is 0.348 e. The van der Waals surface area contributed by atoms with Crippen LogP contribution in [0.2, 0.25) is 0 Å². The summed E-state index contributed by atoms with van der Waals surface area (Å²) in [7, 11) is -3.71. The number of fused-ring (bicyclic) bond motifs is 1. The van der Waals surface area contributed by atoms with E-state index in [1.807, 2.05) is 44.2 Å². The molecule has 4 rings (SSSR count). The molecule has 1 N–H and O–H groups in total. The number of nitrogens with one attached hydrogen (secondary N) is 1. The Labute approximate surface area is 177 Å². The van der Waals surface area contributed by atoms with Gasteiger partial charge in [-0.2, -0.15) is 4.31 Å². The highest BCUT2D eigenvalue weighted by Gasteiger charge is 2.39. The lowest BCUT2D eigenvalue weighted by Gasteiger charge is -2.25. The van der Waals surface area contributed by atoms with Gasteiger partial charge in [-0.15, -0.1) is 0 Å². The Morgan fingerprint density at radius 1 is 1.03 bits per heavy atom. The summed E-state index contributed by atoms with van der Waals surface area (Å²) in [5, 5.41) is 5.28. The van der Waals surface area contributed by atoms with E-state index in [0.29, 0.717) is 19.4 Å². The molecule has 1 aliphatic heterocycles. The van der Waals surface area contributed by atoms with Crippen LogP contribution in [-0.4, -0.2) is 31.2 Å². The smallest absolute Gasteiger partial charge is 0.243 e. The van der Waals surface area contributed by atoms with Gasteiger partial charge in [0.1, 0.15) is 6.04 Å². The van der Waals surface area contributed by atoms with Gasteiger partial charge in [-0.25, -0.2) is 8.42 Å². The molecule has 0 aliphatic carbocycles. The van der Waals surface area contributed by atoms with Crippen molar-refractivity contribution in [1.82, 2.24) is 9.62 Å². The minimum absolute atomic E-state index is 0.216. The molecular formula is C24H26N2O3S. The minimum Gasteiger partial charge on any atom is -0.348 e. The van der Waals surface area contributed by atoms with Gasteiger partial charge in [0.25, 0.3) is 0 Å². The van der Waals surface area contributed by atoms with Crippen LogP contribution in [0.3, 0.4) is 0 Å². The van der Waals surface area contributed by atoms with E-state index in [-0.39, 0.29) is 16.8 Å². The highest BCUT2D eigenvalue weighted by molar-refractivity contribution is 7.89. The molecule has 6 heteroatoms. The number of hydrogen-bond acceptors (Lipinski definition) is 3. The standard InChI is InChI=1S/C24H26N2O3S/c1-17-9-13-22(14-10-17)30(28,29)26-15-5-8-23(26)24(27)25-18(2)20-12-11-19-6-3-4-7-21(19)16-20/h3-4,6-7,9-14,16,18,23H,5,8,15H2,1-2H3,(H,25,27). The number of carbonyl (C=O) groups is 1. The summed E-state index contributed by atoms with van der Waals surface area (Å²) in [6, 6.07) is 20.1. The fourth-order valence-electron chi connectivity index (χ4n) is 4.01. The quantitative estimate of drug-likeness (QED) is 0.671.